The van der Waals surface area contributed by atoms with Crippen LogP contribution in [0.25, 0.3) is 11.0 Å². The molecule has 2 rings (SSSR count). The molecular formula is C9H14N4. The molecule has 2 aromatic rings. The minimum atomic E-state index is 0.333. The number of hydrogen-bond donors (Lipinski definition) is 2. The molecule has 0 radical (unpaired) electrons. The number of aromatic nitrogens is 3. The Morgan fingerprint density at radius 2 is 1.92 bits per heavy atom. The Kier molecular flexibility index (Phi) is 3.40. The number of nitrogens with zero attached hydrogens (tertiary/aromatic N) is 2. The number of benzene rings is 1. The highest BCUT2D eigenvalue weighted by molar-refractivity contribution is 5.72. The molecule has 1 aromatic heterocycles. The van der Waals surface area contributed by atoms with Gasteiger partial charge in [-0.2, -0.15) is 0 Å². The molecule has 0 aliphatic carbocycles. The monoisotopic (exact) mass is 178 g/mol. The maximum Gasteiger partial charge on any atom is 0.112 e. The molecule has 0 saturated carbocycles. The number of para-hydroxylation sites is 1. The molecule has 0 unspecified atom stereocenters. The maximum atomic E-state index is 5.11. The highest BCUT2D eigenvalue weighted by Gasteiger charge is 1.90. The zero-order valence-corrected chi connectivity index (χ0v) is 7.86. The lowest BCUT2D eigenvalue weighted by atomic mass is 10.3. The number of nitrogens with one attached hydrogen (secondary N) is 1. The molecule has 3 N–H and O–H groups in total. The summed E-state index contributed by atoms with van der Waals surface area (Å²) in [5.41, 5.74) is 7.01. The Bertz CT molecular complexity index is 320. The van der Waals surface area contributed by atoms with E-state index in [2.05, 4.69) is 15.4 Å². The van der Waals surface area contributed by atoms with Gasteiger partial charge in [-0.15, -0.1) is 5.10 Å². The number of aromatic amines is 1. The van der Waals surface area contributed by atoms with Gasteiger partial charge in [-0.05, 0) is 18.2 Å². The normalized spacial score (nSPS) is 9.85. The van der Waals surface area contributed by atoms with Crippen molar-refractivity contribution in [3.8, 4) is 0 Å². The minimum Gasteiger partial charge on any atom is -0.328 e. The summed E-state index contributed by atoms with van der Waals surface area (Å²) in [6.45, 7) is 3.89. The van der Waals surface area contributed by atoms with Gasteiger partial charge in [-0.3, -0.25) is 5.10 Å². The molecular weight excluding hydrogens is 164 g/mol. The number of fused-ring (bicyclic) bond motifs is 1. The van der Waals surface area contributed by atoms with E-state index in [-0.39, 0.29) is 0 Å². The van der Waals surface area contributed by atoms with Gasteiger partial charge >= 0.3 is 0 Å². The number of rotatable bonds is 0. The van der Waals surface area contributed by atoms with E-state index in [1.165, 1.54) is 0 Å². The van der Waals surface area contributed by atoms with Crippen LogP contribution in [0.15, 0.2) is 24.3 Å². The number of nitrogens with two attached hydrogens (primary N) is 1. The van der Waals surface area contributed by atoms with Crippen molar-refractivity contribution in [1.29, 1.82) is 0 Å². The Morgan fingerprint density at radius 3 is 2.54 bits per heavy atom. The zero-order valence-electron chi connectivity index (χ0n) is 7.86. The molecule has 0 bridgehead atoms. The van der Waals surface area contributed by atoms with Crippen LogP contribution in [0.5, 0.6) is 0 Å². The Labute approximate surface area is 77.1 Å². The van der Waals surface area contributed by atoms with E-state index >= 15 is 0 Å². The van der Waals surface area contributed by atoms with Crippen LogP contribution in [-0.4, -0.2) is 21.5 Å². The van der Waals surface area contributed by atoms with Crippen LogP contribution in [0.4, 0.5) is 0 Å². The van der Waals surface area contributed by atoms with Crippen LogP contribution in [0.3, 0.4) is 0 Å². The molecule has 0 amide bonds. The van der Waals surface area contributed by atoms with Crippen LogP contribution in [0, 0.1) is 0 Å². The first-order valence-corrected chi connectivity index (χ1v) is 4.21. The Morgan fingerprint density at radius 1 is 1.31 bits per heavy atom. The quantitative estimate of drug-likeness (QED) is 0.639. The SMILES string of the molecule is CC(C)N.c1ccc2[nH]nnc2c1. The average molecular weight is 178 g/mol. The summed E-state index contributed by atoms with van der Waals surface area (Å²) < 4.78 is 0. The van der Waals surface area contributed by atoms with Crippen molar-refractivity contribution in [2.75, 3.05) is 0 Å². The van der Waals surface area contributed by atoms with Gasteiger partial charge < -0.3 is 5.73 Å². The second kappa shape index (κ2) is 4.57. The van der Waals surface area contributed by atoms with Gasteiger partial charge in [0.1, 0.15) is 5.52 Å². The smallest absolute Gasteiger partial charge is 0.112 e. The van der Waals surface area contributed by atoms with Gasteiger partial charge in [0.05, 0.1) is 5.52 Å². The molecule has 0 spiro atoms. The number of hydrogen-bond acceptors (Lipinski definition) is 3. The van der Waals surface area contributed by atoms with Crippen molar-refractivity contribution in [2.24, 2.45) is 5.73 Å². The molecule has 1 aromatic carbocycles. The summed E-state index contributed by atoms with van der Waals surface area (Å²) >= 11 is 0. The summed E-state index contributed by atoms with van der Waals surface area (Å²) in [6.07, 6.45) is 0. The predicted octanol–water partition coefficient (Wildman–Crippen LogP) is 1.31. The third-order valence-electron chi connectivity index (χ3n) is 1.23. The van der Waals surface area contributed by atoms with Crippen LogP contribution >= 0.6 is 0 Å². The first-order valence-electron chi connectivity index (χ1n) is 4.21. The summed E-state index contributed by atoms with van der Waals surface area (Å²) in [7, 11) is 0. The zero-order chi connectivity index (χ0) is 9.68. The van der Waals surface area contributed by atoms with E-state index < -0.39 is 0 Å². The largest absolute Gasteiger partial charge is 0.328 e. The van der Waals surface area contributed by atoms with Gasteiger partial charge in [-0.25, -0.2) is 0 Å². The molecule has 0 fully saturated rings. The van der Waals surface area contributed by atoms with E-state index in [0.717, 1.165) is 11.0 Å². The second-order valence-electron chi connectivity index (χ2n) is 3.07. The molecule has 4 heteroatoms. The minimum absolute atomic E-state index is 0.333. The van der Waals surface area contributed by atoms with Gasteiger partial charge in [-0.1, -0.05) is 31.2 Å². The van der Waals surface area contributed by atoms with E-state index in [0.29, 0.717) is 6.04 Å². The van der Waals surface area contributed by atoms with E-state index in [1.54, 1.807) is 0 Å². The van der Waals surface area contributed by atoms with E-state index in [9.17, 15) is 0 Å². The molecule has 0 atom stereocenters. The van der Waals surface area contributed by atoms with E-state index in [1.807, 2.05) is 38.1 Å². The molecule has 13 heavy (non-hydrogen) atoms. The number of H-pyrrole nitrogens is 1. The van der Waals surface area contributed by atoms with Crippen LogP contribution in [-0.2, 0) is 0 Å². The fourth-order valence-corrected chi connectivity index (χ4v) is 0.788. The van der Waals surface area contributed by atoms with Crippen LogP contribution in [0.2, 0.25) is 0 Å². The molecule has 0 aliphatic rings. The first kappa shape index (κ1) is 9.67. The van der Waals surface area contributed by atoms with Gasteiger partial charge in [0.15, 0.2) is 0 Å². The Balaban J connectivity index is 0.000000184. The lowest BCUT2D eigenvalue weighted by Gasteiger charge is -1.81. The van der Waals surface area contributed by atoms with Crippen molar-refractivity contribution in [3.63, 3.8) is 0 Å². The van der Waals surface area contributed by atoms with Crippen molar-refractivity contribution in [1.82, 2.24) is 15.4 Å². The van der Waals surface area contributed by atoms with Gasteiger partial charge in [0.2, 0.25) is 0 Å². The molecule has 70 valence electrons. The fraction of sp³-hybridized carbons (Fsp3) is 0.333. The van der Waals surface area contributed by atoms with Gasteiger partial charge in [0, 0.05) is 0 Å². The molecule has 0 saturated heterocycles. The molecule has 1 heterocycles. The second-order valence-corrected chi connectivity index (χ2v) is 3.07. The van der Waals surface area contributed by atoms with Crippen LogP contribution < -0.4 is 5.73 Å². The first-order chi connectivity index (χ1) is 6.20. The topological polar surface area (TPSA) is 67.6 Å². The summed E-state index contributed by atoms with van der Waals surface area (Å²) in [5, 5.41) is 10.2. The predicted molar refractivity (Wildman–Crippen MR) is 53.2 cm³/mol. The average Bonchev–Trinajstić information content (AvgIpc) is 2.49. The van der Waals surface area contributed by atoms with Crippen LogP contribution in [0.1, 0.15) is 13.8 Å². The fourth-order valence-electron chi connectivity index (χ4n) is 0.788. The Hall–Kier alpha value is -1.42. The lowest BCUT2D eigenvalue weighted by molar-refractivity contribution is 0.834. The molecule has 4 nitrogen and oxygen atoms in total. The lowest BCUT2D eigenvalue weighted by Crippen LogP contribution is -2.06. The third kappa shape index (κ3) is 3.21. The summed E-state index contributed by atoms with van der Waals surface area (Å²) in [5.74, 6) is 0. The highest BCUT2D eigenvalue weighted by Crippen LogP contribution is 2.03. The third-order valence-corrected chi connectivity index (χ3v) is 1.23. The summed E-state index contributed by atoms with van der Waals surface area (Å²) in [6, 6.07) is 8.07. The van der Waals surface area contributed by atoms with Crippen molar-refractivity contribution >= 4 is 11.0 Å². The van der Waals surface area contributed by atoms with Crippen molar-refractivity contribution in [3.05, 3.63) is 24.3 Å². The summed E-state index contributed by atoms with van der Waals surface area (Å²) in [4.78, 5) is 0. The molecule has 0 aliphatic heterocycles. The van der Waals surface area contributed by atoms with E-state index in [4.69, 9.17) is 5.73 Å². The maximum absolute atomic E-state index is 5.11. The highest BCUT2D eigenvalue weighted by atomic mass is 15.3. The standard InChI is InChI=1S/C6H5N3.C3H9N/c1-2-4-6-5(3-1)7-9-8-6;1-3(2)4/h1-4H,(H,7,8,9);3H,4H2,1-2H3. The van der Waals surface area contributed by atoms with Gasteiger partial charge in [0.25, 0.3) is 0 Å². The van der Waals surface area contributed by atoms with Crippen molar-refractivity contribution in [2.45, 2.75) is 19.9 Å². The van der Waals surface area contributed by atoms with Crippen molar-refractivity contribution < 1.29 is 0 Å².